The van der Waals surface area contributed by atoms with Gasteiger partial charge in [-0.1, -0.05) is 25.0 Å². The van der Waals surface area contributed by atoms with Gasteiger partial charge in [-0.2, -0.15) is 0 Å². The molecule has 1 aromatic rings. The van der Waals surface area contributed by atoms with Gasteiger partial charge in [0.25, 0.3) is 0 Å². The van der Waals surface area contributed by atoms with E-state index in [0.29, 0.717) is 12.5 Å². The minimum absolute atomic E-state index is 0.222. The Morgan fingerprint density at radius 1 is 0.839 bits per heavy atom. The van der Waals surface area contributed by atoms with E-state index in [1.165, 1.54) is 18.4 Å². The minimum Gasteiger partial charge on any atom is -0.497 e. The molecule has 7 heteroatoms. The van der Waals surface area contributed by atoms with Gasteiger partial charge in [-0.05, 0) is 30.5 Å². The fourth-order valence-corrected chi connectivity index (χ4v) is 4.99. The van der Waals surface area contributed by atoms with Gasteiger partial charge in [0.1, 0.15) is 5.75 Å². The second kappa shape index (κ2) is 10.5. The fraction of sp³-hybridized carbons (Fsp3) is 0.667. The predicted octanol–water partition coefficient (Wildman–Crippen LogP) is 1.67. The van der Waals surface area contributed by atoms with Crippen molar-refractivity contribution in [2.24, 2.45) is 5.92 Å². The van der Waals surface area contributed by atoms with E-state index in [0.717, 1.165) is 77.5 Å². The van der Waals surface area contributed by atoms with E-state index in [1.807, 2.05) is 21.9 Å². The van der Waals surface area contributed by atoms with Crippen molar-refractivity contribution < 1.29 is 14.3 Å². The molecule has 1 aromatic carbocycles. The quantitative estimate of drug-likeness (QED) is 0.690. The van der Waals surface area contributed by atoms with E-state index in [2.05, 4.69) is 21.9 Å². The van der Waals surface area contributed by atoms with Crippen molar-refractivity contribution in [1.29, 1.82) is 0 Å². The second-order valence-electron chi connectivity index (χ2n) is 9.09. The Bertz CT molecular complexity index is 732. The molecule has 1 aliphatic carbocycles. The maximum Gasteiger partial charge on any atom is 0.236 e. The first-order valence-corrected chi connectivity index (χ1v) is 11.8. The van der Waals surface area contributed by atoms with E-state index >= 15 is 0 Å². The van der Waals surface area contributed by atoms with Crippen molar-refractivity contribution in [3.05, 3.63) is 29.8 Å². The monoisotopic (exact) mass is 428 g/mol. The summed E-state index contributed by atoms with van der Waals surface area (Å²) in [6, 6.07) is 8.20. The van der Waals surface area contributed by atoms with Gasteiger partial charge in [0, 0.05) is 64.8 Å². The Hall–Kier alpha value is -2.12. The number of amides is 2. The molecule has 4 rings (SSSR count). The minimum atomic E-state index is 0.222. The van der Waals surface area contributed by atoms with Crippen LogP contribution in [0.3, 0.4) is 0 Å². The molecular formula is C24H36N4O3. The van der Waals surface area contributed by atoms with E-state index in [9.17, 15) is 9.59 Å². The van der Waals surface area contributed by atoms with Gasteiger partial charge in [0.05, 0.1) is 13.7 Å². The van der Waals surface area contributed by atoms with Crippen LogP contribution in [0.5, 0.6) is 5.75 Å². The number of piperazine rings is 2. The molecule has 0 N–H and O–H groups in total. The third-order valence-corrected chi connectivity index (χ3v) is 7.04. The number of nitrogens with zero attached hydrogens (tertiary/aromatic N) is 4. The van der Waals surface area contributed by atoms with Crippen LogP contribution < -0.4 is 4.74 Å². The smallest absolute Gasteiger partial charge is 0.236 e. The predicted molar refractivity (Wildman–Crippen MR) is 120 cm³/mol. The van der Waals surface area contributed by atoms with Crippen LogP contribution in [0.15, 0.2) is 24.3 Å². The lowest BCUT2D eigenvalue weighted by Gasteiger charge is -2.38. The van der Waals surface area contributed by atoms with E-state index in [1.54, 1.807) is 7.11 Å². The van der Waals surface area contributed by atoms with Crippen LogP contribution in [0.1, 0.15) is 31.2 Å². The van der Waals surface area contributed by atoms with Gasteiger partial charge < -0.3 is 14.5 Å². The third-order valence-electron chi connectivity index (χ3n) is 7.04. The number of rotatable bonds is 6. The first kappa shape index (κ1) is 22.1. The number of carbonyl (C=O) groups excluding carboxylic acids is 2. The summed E-state index contributed by atoms with van der Waals surface area (Å²) in [5.74, 6) is 1.70. The first-order valence-electron chi connectivity index (χ1n) is 11.8. The molecule has 1 saturated carbocycles. The molecule has 0 aromatic heterocycles. The van der Waals surface area contributed by atoms with Crippen molar-refractivity contribution in [3.8, 4) is 5.75 Å². The number of methoxy groups -OCH3 is 1. The summed E-state index contributed by atoms with van der Waals surface area (Å²) in [5.41, 5.74) is 1.27. The Morgan fingerprint density at radius 2 is 1.42 bits per heavy atom. The molecule has 2 amide bonds. The average Bonchev–Trinajstić information content (AvgIpc) is 3.35. The molecule has 0 bridgehead atoms. The van der Waals surface area contributed by atoms with Gasteiger partial charge in [-0.25, -0.2) is 0 Å². The summed E-state index contributed by atoms with van der Waals surface area (Å²) in [7, 11) is 1.68. The average molecular weight is 429 g/mol. The van der Waals surface area contributed by atoms with Gasteiger partial charge in [-0.3, -0.25) is 19.4 Å². The molecule has 0 spiro atoms. The molecule has 2 saturated heterocycles. The Kier molecular flexibility index (Phi) is 7.45. The molecule has 7 nitrogen and oxygen atoms in total. The van der Waals surface area contributed by atoms with Crippen LogP contribution in [-0.2, 0) is 16.1 Å². The summed E-state index contributed by atoms with van der Waals surface area (Å²) in [6.07, 6.45) is 4.50. The maximum atomic E-state index is 12.8. The molecule has 2 aliphatic heterocycles. The highest BCUT2D eigenvalue weighted by Gasteiger charge is 2.30. The molecule has 0 unspecified atom stereocenters. The Labute approximate surface area is 185 Å². The number of carbonyl (C=O) groups is 2. The fourth-order valence-electron chi connectivity index (χ4n) is 4.99. The Morgan fingerprint density at radius 3 is 2.03 bits per heavy atom. The van der Waals surface area contributed by atoms with Crippen LogP contribution in [-0.4, -0.2) is 97.4 Å². The highest BCUT2D eigenvalue weighted by Crippen LogP contribution is 2.27. The summed E-state index contributed by atoms with van der Waals surface area (Å²) in [5, 5.41) is 0. The number of hydrogen-bond acceptors (Lipinski definition) is 5. The van der Waals surface area contributed by atoms with Crippen molar-refractivity contribution in [2.75, 3.05) is 66.0 Å². The molecule has 2 heterocycles. The Balaban J connectivity index is 1.16. The van der Waals surface area contributed by atoms with E-state index in [-0.39, 0.29) is 11.8 Å². The van der Waals surface area contributed by atoms with Crippen LogP contribution in [0.2, 0.25) is 0 Å². The zero-order valence-electron chi connectivity index (χ0n) is 18.8. The normalized spacial score (nSPS) is 21.5. The number of hydrogen-bond donors (Lipinski definition) is 0. The molecule has 0 atom stereocenters. The van der Waals surface area contributed by atoms with Gasteiger partial charge in [-0.15, -0.1) is 0 Å². The van der Waals surface area contributed by atoms with Crippen molar-refractivity contribution in [3.63, 3.8) is 0 Å². The largest absolute Gasteiger partial charge is 0.497 e. The summed E-state index contributed by atoms with van der Waals surface area (Å²) < 4.78 is 5.22. The standard InChI is InChI=1S/C24H36N4O3/c1-31-22-8-6-20(7-9-22)18-25-10-14-27(15-11-25)23(29)19-26-12-16-28(17-13-26)24(30)21-4-2-3-5-21/h6-9,21H,2-5,10-19H2,1H3. The molecule has 0 radical (unpaired) electrons. The molecular weight excluding hydrogens is 392 g/mol. The lowest BCUT2D eigenvalue weighted by Crippen LogP contribution is -2.54. The van der Waals surface area contributed by atoms with Crippen LogP contribution in [0.25, 0.3) is 0 Å². The van der Waals surface area contributed by atoms with Gasteiger partial charge in [0.2, 0.25) is 11.8 Å². The molecule has 31 heavy (non-hydrogen) atoms. The van der Waals surface area contributed by atoms with Crippen molar-refractivity contribution in [1.82, 2.24) is 19.6 Å². The lowest BCUT2D eigenvalue weighted by molar-refractivity contribution is -0.138. The summed E-state index contributed by atoms with van der Waals surface area (Å²) in [6.45, 7) is 7.90. The number of ether oxygens (including phenoxy) is 1. The van der Waals surface area contributed by atoms with Crippen LogP contribution >= 0.6 is 0 Å². The summed E-state index contributed by atoms with van der Waals surface area (Å²) in [4.78, 5) is 34.0. The zero-order chi connectivity index (χ0) is 21.6. The zero-order valence-corrected chi connectivity index (χ0v) is 18.8. The molecule has 3 aliphatic rings. The maximum absolute atomic E-state index is 12.8. The molecule has 170 valence electrons. The SMILES string of the molecule is COc1ccc(CN2CCN(C(=O)CN3CCN(C(=O)C4CCCC4)CC3)CC2)cc1. The van der Waals surface area contributed by atoms with Crippen molar-refractivity contribution >= 4 is 11.8 Å². The van der Waals surface area contributed by atoms with Crippen LogP contribution in [0.4, 0.5) is 0 Å². The highest BCUT2D eigenvalue weighted by molar-refractivity contribution is 5.80. The number of benzene rings is 1. The highest BCUT2D eigenvalue weighted by atomic mass is 16.5. The van der Waals surface area contributed by atoms with Crippen LogP contribution in [0, 0.1) is 5.92 Å². The van der Waals surface area contributed by atoms with Gasteiger partial charge >= 0.3 is 0 Å². The third kappa shape index (κ3) is 5.77. The lowest BCUT2D eigenvalue weighted by atomic mass is 10.1. The molecule has 3 fully saturated rings. The van der Waals surface area contributed by atoms with Crippen molar-refractivity contribution in [2.45, 2.75) is 32.2 Å². The van der Waals surface area contributed by atoms with Gasteiger partial charge in [0.15, 0.2) is 0 Å². The van der Waals surface area contributed by atoms with E-state index < -0.39 is 0 Å². The van der Waals surface area contributed by atoms with E-state index in [4.69, 9.17) is 4.74 Å². The topological polar surface area (TPSA) is 56.3 Å². The second-order valence-corrected chi connectivity index (χ2v) is 9.09. The first-order chi connectivity index (χ1) is 15.1. The summed E-state index contributed by atoms with van der Waals surface area (Å²) >= 11 is 0.